The van der Waals surface area contributed by atoms with Gasteiger partial charge in [0.25, 0.3) is 0 Å². The molecule has 0 saturated heterocycles. The predicted octanol–water partition coefficient (Wildman–Crippen LogP) is 3.10. The van der Waals surface area contributed by atoms with Gasteiger partial charge >= 0.3 is 0 Å². The maximum absolute atomic E-state index is 6.12. The van der Waals surface area contributed by atoms with Crippen LogP contribution in [0.15, 0.2) is 24.3 Å². The Hall–Kier alpha value is -1.77. The summed E-state index contributed by atoms with van der Waals surface area (Å²) in [5.74, 6) is 2.14. The van der Waals surface area contributed by atoms with Gasteiger partial charge in [0.1, 0.15) is 17.3 Å². The van der Waals surface area contributed by atoms with Gasteiger partial charge in [-0.2, -0.15) is 0 Å². The molecule has 3 nitrogen and oxygen atoms in total. The second kappa shape index (κ2) is 4.24. The summed E-state index contributed by atoms with van der Waals surface area (Å²) in [6.45, 7) is 6.33. The van der Waals surface area contributed by atoms with E-state index in [1.165, 1.54) is 5.56 Å². The summed E-state index contributed by atoms with van der Waals surface area (Å²) < 4.78 is 1.97. The Kier molecular flexibility index (Phi) is 2.92. The predicted molar refractivity (Wildman–Crippen MR) is 71.9 cm³/mol. The van der Waals surface area contributed by atoms with Crippen molar-refractivity contribution in [1.82, 2.24) is 9.55 Å². The van der Waals surface area contributed by atoms with E-state index in [0.29, 0.717) is 5.92 Å². The summed E-state index contributed by atoms with van der Waals surface area (Å²) in [5, 5.41) is 0. The number of imidazole rings is 1. The van der Waals surface area contributed by atoms with Crippen LogP contribution in [-0.2, 0) is 7.05 Å². The molecule has 3 heteroatoms. The van der Waals surface area contributed by atoms with Gasteiger partial charge in [-0.1, -0.05) is 37.6 Å². The number of anilines is 1. The third kappa shape index (κ3) is 2.05. The third-order valence-electron chi connectivity index (χ3n) is 2.98. The molecule has 2 aromatic rings. The highest BCUT2D eigenvalue weighted by molar-refractivity contribution is 5.71. The molecule has 0 unspecified atom stereocenters. The van der Waals surface area contributed by atoms with Crippen LogP contribution in [-0.4, -0.2) is 9.55 Å². The van der Waals surface area contributed by atoms with E-state index in [1.54, 1.807) is 0 Å². The molecule has 0 amide bonds. The average molecular weight is 229 g/mol. The number of hydrogen-bond donors (Lipinski definition) is 1. The van der Waals surface area contributed by atoms with Gasteiger partial charge in [-0.05, 0) is 13.0 Å². The maximum atomic E-state index is 6.12. The number of benzene rings is 1. The molecule has 0 aliphatic heterocycles. The van der Waals surface area contributed by atoms with Crippen molar-refractivity contribution >= 4 is 5.82 Å². The molecule has 2 rings (SSSR count). The van der Waals surface area contributed by atoms with Crippen molar-refractivity contribution in [3.8, 4) is 11.3 Å². The number of aromatic nitrogens is 2. The lowest BCUT2D eigenvalue weighted by Gasteiger charge is -2.04. The Morgan fingerprint density at radius 1 is 1.29 bits per heavy atom. The standard InChI is InChI=1S/C14H19N3/c1-9(2)14-16-12(13(15)17(14)4)11-7-5-6-10(3)8-11/h5-9H,15H2,1-4H3. The molecule has 1 aromatic heterocycles. The van der Waals surface area contributed by atoms with Crippen LogP contribution in [0.25, 0.3) is 11.3 Å². The highest BCUT2D eigenvalue weighted by atomic mass is 15.1. The summed E-state index contributed by atoms with van der Waals surface area (Å²) in [4.78, 5) is 4.66. The van der Waals surface area contributed by atoms with Crippen molar-refractivity contribution in [2.45, 2.75) is 26.7 Å². The lowest BCUT2D eigenvalue weighted by molar-refractivity contribution is 0.715. The van der Waals surface area contributed by atoms with Crippen LogP contribution >= 0.6 is 0 Å². The Morgan fingerprint density at radius 3 is 2.53 bits per heavy atom. The summed E-state index contributed by atoms with van der Waals surface area (Å²) in [5.41, 5.74) is 9.32. The van der Waals surface area contributed by atoms with E-state index in [0.717, 1.165) is 22.9 Å². The first kappa shape index (κ1) is 11.7. The van der Waals surface area contributed by atoms with Crippen molar-refractivity contribution in [2.75, 3.05) is 5.73 Å². The molecule has 90 valence electrons. The molecule has 1 heterocycles. The van der Waals surface area contributed by atoms with E-state index in [1.807, 2.05) is 17.7 Å². The van der Waals surface area contributed by atoms with Crippen LogP contribution in [0.2, 0.25) is 0 Å². The van der Waals surface area contributed by atoms with E-state index in [9.17, 15) is 0 Å². The van der Waals surface area contributed by atoms with E-state index in [2.05, 4.69) is 44.0 Å². The van der Waals surface area contributed by atoms with Crippen LogP contribution in [0.4, 0.5) is 5.82 Å². The number of rotatable bonds is 2. The van der Waals surface area contributed by atoms with Crippen molar-refractivity contribution in [3.63, 3.8) is 0 Å². The first-order valence-corrected chi connectivity index (χ1v) is 5.90. The lowest BCUT2D eigenvalue weighted by atomic mass is 10.1. The smallest absolute Gasteiger partial charge is 0.131 e. The Morgan fingerprint density at radius 2 is 2.00 bits per heavy atom. The SMILES string of the molecule is Cc1cccc(-c2nc(C(C)C)n(C)c2N)c1. The number of nitrogen functional groups attached to an aromatic ring is 1. The van der Waals surface area contributed by atoms with E-state index in [-0.39, 0.29) is 0 Å². The van der Waals surface area contributed by atoms with Crippen molar-refractivity contribution in [3.05, 3.63) is 35.7 Å². The zero-order valence-electron chi connectivity index (χ0n) is 10.9. The minimum absolute atomic E-state index is 0.376. The van der Waals surface area contributed by atoms with Crippen LogP contribution in [0, 0.1) is 6.92 Å². The zero-order chi connectivity index (χ0) is 12.6. The van der Waals surface area contributed by atoms with Crippen molar-refractivity contribution in [1.29, 1.82) is 0 Å². The molecule has 0 fully saturated rings. The van der Waals surface area contributed by atoms with Gasteiger partial charge in [0, 0.05) is 18.5 Å². The normalized spacial score (nSPS) is 11.1. The molecule has 0 bridgehead atoms. The Bertz CT molecular complexity index is 538. The van der Waals surface area contributed by atoms with Crippen LogP contribution in [0.1, 0.15) is 31.2 Å². The minimum Gasteiger partial charge on any atom is -0.383 e. The molecule has 0 atom stereocenters. The maximum Gasteiger partial charge on any atom is 0.131 e. The van der Waals surface area contributed by atoms with Gasteiger partial charge in [-0.15, -0.1) is 0 Å². The highest BCUT2D eigenvalue weighted by Crippen LogP contribution is 2.28. The van der Waals surface area contributed by atoms with Gasteiger partial charge in [0.05, 0.1) is 0 Å². The van der Waals surface area contributed by atoms with Crippen LogP contribution in [0.3, 0.4) is 0 Å². The molecule has 0 spiro atoms. The summed E-state index contributed by atoms with van der Waals surface area (Å²) >= 11 is 0. The van der Waals surface area contributed by atoms with Gasteiger partial charge < -0.3 is 10.3 Å². The van der Waals surface area contributed by atoms with E-state index >= 15 is 0 Å². The Labute approximate surface area is 102 Å². The number of hydrogen-bond acceptors (Lipinski definition) is 2. The summed E-state index contributed by atoms with van der Waals surface area (Å²) in [6, 6.07) is 8.28. The van der Waals surface area contributed by atoms with Crippen molar-refractivity contribution < 1.29 is 0 Å². The fraction of sp³-hybridized carbons (Fsp3) is 0.357. The number of nitrogens with two attached hydrogens (primary N) is 1. The molecule has 0 aliphatic carbocycles. The molecule has 17 heavy (non-hydrogen) atoms. The largest absolute Gasteiger partial charge is 0.383 e. The van der Waals surface area contributed by atoms with Crippen LogP contribution in [0.5, 0.6) is 0 Å². The van der Waals surface area contributed by atoms with Gasteiger partial charge in [-0.3, -0.25) is 0 Å². The van der Waals surface area contributed by atoms with Gasteiger partial charge in [-0.25, -0.2) is 4.98 Å². The fourth-order valence-corrected chi connectivity index (χ4v) is 2.05. The summed E-state index contributed by atoms with van der Waals surface area (Å²) in [7, 11) is 1.97. The van der Waals surface area contributed by atoms with E-state index in [4.69, 9.17) is 5.73 Å². The molecule has 0 radical (unpaired) electrons. The topological polar surface area (TPSA) is 43.8 Å². The molecule has 2 N–H and O–H groups in total. The highest BCUT2D eigenvalue weighted by Gasteiger charge is 2.15. The second-order valence-corrected chi connectivity index (χ2v) is 4.79. The van der Waals surface area contributed by atoms with Crippen molar-refractivity contribution in [2.24, 2.45) is 7.05 Å². The molecule has 0 aliphatic rings. The molecular formula is C14H19N3. The fourth-order valence-electron chi connectivity index (χ4n) is 2.05. The Balaban J connectivity index is 2.57. The van der Waals surface area contributed by atoms with Crippen LogP contribution < -0.4 is 5.73 Å². The van der Waals surface area contributed by atoms with E-state index < -0.39 is 0 Å². The quantitative estimate of drug-likeness (QED) is 0.860. The first-order chi connectivity index (χ1) is 8.00. The first-order valence-electron chi connectivity index (χ1n) is 5.90. The second-order valence-electron chi connectivity index (χ2n) is 4.79. The summed E-state index contributed by atoms with van der Waals surface area (Å²) in [6.07, 6.45) is 0. The number of nitrogens with zero attached hydrogens (tertiary/aromatic N) is 2. The molecule has 1 aromatic carbocycles. The molecule has 0 saturated carbocycles. The zero-order valence-corrected chi connectivity index (χ0v) is 10.9. The minimum atomic E-state index is 0.376. The average Bonchev–Trinajstić information content (AvgIpc) is 2.56. The molecular weight excluding hydrogens is 210 g/mol. The van der Waals surface area contributed by atoms with Gasteiger partial charge in [0.2, 0.25) is 0 Å². The third-order valence-corrected chi connectivity index (χ3v) is 2.98. The number of aryl methyl sites for hydroxylation is 1. The monoisotopic (exact) mass is 229 g/mol. The van der Waals surface area contributed by atoms with Gasteiger partial charge in [0.15, 0.2) is 0 Å². The lowest BCUT2D eigenvalue weighted by Crippen LogP contribution is -2.02.